The number of rotatable bonds is 11. The van der Waals surface area contributed by atoms with E-state index in [0.717, 1.165) is 62.4 Å². The monoisotopic (exact) mass is 425 g/mol. The summed E-state index contributed by atoms with van der Waals surface area (Å²) in [6, 6.07) is 12.3. The highest BCUT2D eigenvalue weighted by Crippen LogP contribution is 2.18. The number of aromatic nitrogens is 1. The van der Waals surface area contributed by atoms with Crippen LogP contribution in [0.4, 0.5) is 5.82 Å². The standard InChI is InChI=1S/C24H35N5O2/c1-3-31-16-6-12-26-24(27-18-20-7-9-22(30-2)10-8-20)28-19-21-11-13-25-23(17-21)29-14-4-5-15-29/h7-11,13,17H,3-6,12,14-16,18-19H2,1-2H3,(H2,26,27,28). The second kappa shape index (κ2) is 12.8. The minimum atomic E-state index is 0.604. The number of anilines is 1. The number of benzene rings is 1. The van der Waals surface area contributed by atoms with E-state index in [1.807, 2.05) is 31.3 Å². The second-order valence-corrected chi connectivity index (χ2v) is 7.56. The zero-order valence-electron chi connectivity index (χ0n) is 18.8. The maximum Gasteiger partial charge on any atom is 0.191 e. The molecule has 0 radical (unpaired) electrons. The molecule has 0 bridgehead atoms. The number of aliphatic imine (C=N–C) groups is 1. The van der Waals surface area contributed by atoms with Crippen molar-refractivity contribution in [3.05, 3.63) is 53.7 Å². The number of hydrogen-bond acceptors (Lipinski definition) is 5. The Labute approximate surface area is 185 Å². The fourth-order valence-electron chi connectivity index (χ4n) is 3.48. The molecule has 7 nitrogen and oxygen atoms in total. The molecular weight excluding hydrogens is 390 g/mol. The summed E-state index contributed by atoms with van der Waals surface area (Å²) in [6.07, 6.45) is 5.31. The van der Waals surface area contributed by atoms with Crippen molar-refractivity contribution in [3.8, 4) is 5.75 Å². The highest BCUT2D eigenvalue weighted by molar-refractivity contribution is 5.79. The topological polar surface area (TPSA) is 71.0 Å². The van der Waals surface area contributed by atoms with Gasteiger partial charge in [0.15, 0.2) is 5.96 Å². The predicted octanol–water partition coefficient (Wildman–Crippen LogP) is 3.35. The van der Waals surface area contributed by atoms with E-state index in [1.54, 1.807) is 7.11 Å². The number of nitrogens with one attached hydrogen (secondary N) is 2. The van der Waals surface area contributed by atoms with Crippen LogP contribution < -0.4 is 20.3 Å². The minimum absolute atomic E-state index is 0.604. The van der Waals surface area contributed by atoms with Gasteiger partial charge in [0, 0.05) is 45.6 Å². The van der Waals surface area contributed by atoms with E-state index >= 15 is 0 Å². The van der Waals surface area contributed by atoms with Gasteiger partial charge < -0.3 is 25.0 Å². The quantitative estimate of drug-likeness (QED) is 0.327. The summed E-state index contributed by atoms with van der Waals surface area (Å²) in [5.41, 5.74) is 2.33. The first-order chi connectivity index (χ1) is 15.3. The van der Waals surface area contributed by atoms with Gasteiger partial charge in [0.05, 0.1) is 13.7 Å². The van der Waals surface area contributed by atoms with Gasteiger partial charge >= 0.3 is 0 Å². The van der Waals surface area contributed by atoms with Crippen LogP contribution in [-0.4, -0.2) is 50.9 Å². The van der Waals surface area contributed by atoms with Gasteiger partial charge in [0.1, 0.15) is 11.6 Å². The van der Waals surface area contributed by atoms with Crippen molar-refractivity contribution in [2.45, 2.75) is 39.3 Å². The number of nitrogens with zero attached hydrogens (tertiary/aromatic N) is 3. The Morgan fingerprint density at radius 3 is 2.65 bits per heavy atom. The first kappa shape index (κ1) is 22.9. The molecule has 3 rings (SSSR count). The van der Waals surface area contributed by atoms with Crippen LogP contribution in [-0.2, 0) is 17.8 Å². The van der Waals surface area contributed by atoms with E-state index in [-0.39, 0.29) is 0 Å². The van der Waals surface area contributed by atoms with Crippen LogP contribution in [0.2, 0.25) is 0 Å². The zero-order chi connectivity index (χ0) is 21.7. The van der Waals surface area contributed by atoms with Gasteiger partial charge in [-0.2, -0.15) is 0 Å². The molecule has 1 aromatic carbocycles. The van der Waals surface area contributed by atoms with Crippen molar-refractivity contribution in [1.82, 2.24) is 15.6 Å². The Hall–Kier alpha value is -2.80. The molecule has 0 unspecified atom stereocenters. The third kappa shape index (κ3) is 7.75. The van der Waals surface area contributed by atoms with Crippen LogP contribution in [0, 0.1) is 0 Å². The number of methoxy groups -OCH3 is 1. The summed E-state index contributed by atoms with van der Waals surface area (Å²) in [5.74, 6) is 2.72. The molecule has 31 heavy (non-hydrogen) atoms. The van der Waals surface area contributed by atoms with E-state index in [9.17, 15) is 0 Å². The molecule has 1 fully saturated rings. The van der Waals surface area contributed by atoms with Crippen molar-refractivity contribution in [1.29, 1.82) is 0 Å². The molecule has 0 aliphatic carbocycles. The second-order valence-electron chi connectivity index (χ2n) is 7.56. The van der Waals surface area contributed by atoms with Gasteiger partial charge in [-0.1, -0.05) is 12.1 Å². The van der Waals surface area contributed by atoms with Crippen LogP contribution in [0.3, 0.4) is 0 Å². The third-order valence-corrected chi connectivity index (χ3v) is 5.24. The Bertz CT molecular complexity index is 804. The molecule has 1 aromatic heterocycles. The van der Waals surface area contributed by atoms with E-state index in [0.29, 0.717) is 13.1 Å². The first-order valence-corrected chi connectivity index (χ1v) is 11.2. The fraction of sp³-hybridized carbons (Fsp3) is 0.500. The molecule has 0 saturated carbocycles. The lowest BCUT2D eigenvalue weighted by molar-refractivity contribution is 0.145. The number of pyridine rings is 1. The molecule has 2 N–H and O–H groups in total. The van der Waals surface area contributed by atoms with Gasteiger partial charge in [-0.25, -0.2) is 9.98 Å². The summed E-state index contributed by atoms with van der Waals surface area (Å²) in [4.78, 5) is 11.7. The summed E-state index contributed by atoms with van der Waals surface area (Å²) in [6.45, 7) is 7.80. The Kier molecular flexibility index (Phi) is 9.44. The van der Waals surface area contributed by atoms with E-state index in [4.69, 9.17) is 14.5 Å². The van der Waals surface area contributed by atoms with Crippen molar-refractivity contribution >= 4 is 11.8 Å². The lowest BCUT2D eigenvalue weighted by Crippen LogP contribution is -2.37. The normalized spacial score (nSPS) is 14.0. The van der Waals surface area contributed by atoms with Gasteiger partial charge in [0.25, 0.3) is 0 Å². The Morgan fingerprint density at radius 2 is 1.90 bits per heavy atom. The van der Waals surface area contributed by atoms with Crippen molar-refractivity contribution in [2.75, 3.05) is 44.9 Å². The highest BCUT2D eigenvalue weighted by atomic mass is 16.5. The lowest BCUT2D eigenvalue weighted by Gasteiger charge is -2.17. The van der Waals surface area contributed by atoms with Crippen molar-refractivity contribution in [2.24, 2.45) is 4.99 Å². The molecule has 1 aliphatic rings. The van der Waals surface area contributed by atoms with Gasteiger partial charge in [-0.15, -0.1) is 0 Å². The maximum atomic E-state index is 5.43. The lowest BCUT2D eigenvalue weighted by atomic mass is 10.2. The number of ether oxygens (including phenoxy) is 2. The molecule has 1 aliphatic heterocycles. The van der Waals surface area contributed by atoms with Crippen LogP contribution in [0.1, 0.15) is 37.3 Å². The van der Waals surface area contributed by atoms with Crippen LogP contribution in [0.25, 0.3) is 0 Å². The highest BCUT2D eigenvalue weighted by Gasteiger charge is 2.13. The maximum absolute atomic E-state index is 5.43. The van der Waals surface area contributed by atoms with Gasteiger partial charge in [-0.05, 0) is 61.6 Å². The molecule has 2 aromatic rings. The third-order valence-electron chi connectivity index (χ3n) is 5.24. The molecule has 168 valence electrons. The molecule has 7 heteroatoms. The molecule has 0 atom stereocenters. The summed E-state index contributed by atoms with van der Waals surface area (Å²) < 4.78 is 10.7. The first-order valence-electron chi connectivity index (χ1n) is 11.2. The fourth-order valence-corrected chi connectivity index (χ4v) is 3.48. The predicted molar refractivity (Wildman–Crippen MR) is 126 cm³/mol. The molecular formula is C24H35N5O2. The molecule has 0 spiro atoms. The smallest absolute Gasteiger partial charge is 0.191 e. The molecule has 0 amide bonds. The molecule has 2 heterocycles. The average Bonchev–Trinajstić information content (AvgIpc) is 3.36. The zero-order valence-corrected chi connectivity index (χ0v) is 18.8. The SMILES string of the molecule is CCOCCCNC(=NCc1ccnc(N2CCCC2)c1)NCc1ccc(OC)cc1. The van der Waals surface area contributed by atoms with Crippen molar-refractivity contribution < 1.29 is 9.47 Å². The Morgan fingerprint density at radius 1 is 1.10 bits per heavy atom. The van der Waals surface area contributed by atoms with Crippen LogP contribution >= 0.6 is 0 Å². The average molecular weight is 426 g/mol. The van der Waals surface area contributed by atoms with E-state index in [2.05, 4.69) is 38.7 Å². The number of hydrogen-bond donors (Lipinski definition) is 2. The van der Waals surface area contributed by atoms with Crippen LogP contribution in [0.15, 0.2) is 47.6 Å². The summed E-state index contributed by atoms with van der Waals surface area (Å²) >= 11 is 0. The van der Waals surface area contributed by atoms with E-state index in [1.165, 1.54) is 18.4 Å². The minimum Gasteiger partial charge on any atom is -0.497 e. The largest absolute Gasteiger partial charge is 0.497 e. The summed E-state index contributed by atoms with van der Waals surface area (Å²) in [5, 5.41) is 6.86. The summed E-state index contributed by atoms with van der Waals surface area (Å²) in [7, 11) is 1.68. The van der Waals surface area contributed by atoms with Gasteiger partial charge in [-0.3, -0.25) is 0 Å². The van der Waals surface area contributed by atoms with E-state index < -0.39 is 0 Å². The Balaban J connectivity index is 1.60. The number of guanidine groups is 1. The van der Waals surface area contributed by atoms with Crippen LogP contribution in [0.5, 0.6) is 5.75 Å². The van der Waals surface area contributed by atoms with Crippen molar-refractivity contribution in [3.63, 3.8) is 0 Å². The van der Waals surface area contributed by atoms with Gasteiger partial charge in [0.2, 0.25) is 0 Å². The molecule has 1 saturated heterocycles.